The molecule has 5 nitrogen and oxygen atoms in total. The van der Waals surface area contributed by atoms with E-state index in [1.54, 1.807) is 18.6 Å². The highest BCUT2D eigenvalue weighted by Crippen LogP contribution is 2.38. The van der Waals surface area contributed by atoms with Gasteiger partial charge < -0.3 is 14.3 Å². The number of thiophene rings is 1. The molecular weight excluding hydrogens is 302 g/mol. The second kappa shape index (κ2) is 6.19. The number of nitrogens with zero attached hydrogens (tertiary/aromatic N) is 1. The van der Waals surface area contributed by atoms with E-state index in [4.69, 9.17) is 9.15 Å². The lowest BCUT2D eigenvalue weighted by Crippen LogP contribution is -2.09. The maximum Gasteiger partial charge on any atom is 0.360 e. The number of aromatic nitrogens is 1. The molecule has 3 aromatic rings. The molecule has 0 fully saturated rings. The summed E-state index contributed by atoms with van der Waals surface area (Å²) in [6.07, 6.45) is 4.81. The van der Waals surface area contributed by atoms with E-state index in [9.17, 15) is 9.90 Å². The van der Waals surface area contributed by atoms with Crippen LogP contribution >= 0.6 is 11.3 Å². The Balaban J connectivity index is 2.07. The highest BCUT2D eigenvalue weighted by Gasteiger charge is 2.22. The van der Waals surface area contributed by atoms with Crippen molar-refractivity contribution in [3.05, 3.63) is 35.7 Å². The first-order valence-electron chi connectivity index (χ1n) is 7.02. The highest BCUT2D eigenvalue weighted by atomic mass is 32.1. The third-order valence-corrected chi connectivity index (χ3v) is 4.22. The molecule has 0 aliphatic heterocycles. The molecule has 114 valence electrons. The van der Waals surface area contributed by atoms with E-state index in [1.807, 2.05) is 18.4 Å². The van der Waals surface area contributed by atoms with Crippen LogP contribution in [0.2, 0.25) is 0 Å². The normalized spacial score (nSPS) is 11.0. The van der Waals surface area contributed by atoms with Crippen molar-refractivity contribution in [2.24, 2.45) is 0 Å². The SMILES string of the molecule is CCCCOC(=O)c1nc(-c2ccoc2)c2ccsc2c1O. The van der Waals surface area contributed by atoms with Gasteiger partial charge in [0.15, 0.2) is 11.4 Å². The van der Waals surface area contributed by atoms with Crippen molar-refractivity contribution in [1.82, 2.24) is 4.98 Å². The molecule has 22 heavy (non-hydrogen) atoms. The lowest BCUT2D eigenvalue weighted by atomic mass is 10.1. The fourth-order valence-electron chi connectivity index (χ4n) is 2.15. The van der Waals surface area contributed by atoms with Crippen molar-refractivity contribution in [1.29, 1.82) is 0 Å². The third kappa shape index (κ3) is 2.57. The Morgan fingerprint density at radius 2 is 2.32 bits per heavy atom. The standard InChI is InChI=1S/C16H15NO4S/c1-2-3-6-21-16(19)13-14(18)15-11(5-8-22-15)12(17-13)10-4-7-20-9-10/h4-5,7-9,18H,2-3,6H2,1H3. The van der Waals surface area contributed by atoms with Crippen LogP contribution < -0.4 is 0 Å². The van der Waals surface area contributed by atoms with Gasteiger partial charge >= 0.3 is 5.97 Å². The molecule has 0 atom stereocenters. The van der Waals surface area contributed by atoms with Crippen LogP contribution in [0.25, 0.3) is 21.3 Å². The van der Waals surface area contributed by atoms with Crippen LogP contribution in [0.3, 0.4) is 0 Å². The molecule has 0 saturated carbocycles. The summed E-state index contributed by atoms with van der Waals surface area (Å²) in [4.78, 5) is 16.5. The number of ether oxygens (including phenoxy) is 1. The monoisotopic (exact) mass is 317 g/mol. The summed E-state index contributed by atoms with van der Waals surface area (Å²) in [7, 11) is 0. The molecule has 0 aliphatic rings. The molecule has 0 bridgehead atoms. The molecule has 3 heterocycles. The molecule has 0 saturated heterocycles. The average molecular weight is 317 g/mol. The molecule has 0 aromatic carbocycles. The number of rotatable bonds is 5. The summed E-state index contributed by atoms with van der Waals surface area (Å²) in [5.41, 5.74) is 1.30. The zero-order valence-corrected chi connectivity index (χ0v) is 12.9. The molecule has 0 unspecified atom stereocenters. The summed E-state index contributed by atoms with van der Waals surface area (Å²) in [5.74, 6) is -0.732. The Morgan fingerprint density at radius 1 is 1.45 bits per heavy atom. The van der Waals surface area contributed by atoms with Gasteiger partial charge in [-0.25, -0.2) is 9.78 Å². The maximum atomic E-state index is 12.2. The molecular formula is C16H15NO4S. The van der Waals surface area contributed by atoms with Crippen molar-refractivity contribution >= 4 is 27.4 Å². The van der Waals surface area contributed by atoms with Gasteiger partial charge in [-0.2, -0.15) is 0 Å². The molecule has 3 rings (SSSR count). The fraction of sp³-hybridized carbons (Fsp3) is 0.250. The molecule has 0 spiro atoms. The van der Waals surface area contributed by atoms with Gasteiger partial charge in [-0.1, -0.05) is 13.3 Å². The molecule has 0 amide bonds. The van der Waals surface area contributed by atoms with Gasteiger partial charge in [0.1, 0.15) is 0 Å². The first-order chi connectivity index (χ1) is 10.7. The van der Waals surface area contributed by atoms with E-state index in [2.05, 4.69) is 4.98 Å². The van der Waals surface area contributed by atoms with Crippen LogP contribution in [0.4, 0.5) is 0 Å². The Hall–Kier alpha value is -2.34. The van der Waals surface area contributed by atoms with Gasteiger partial charge in [-0.3, -0.25) is 0 Å². The van der Waals surface area contributed by atoms with Crippen molar-refractivity contribution in [3.8, 4) is 17.0 Å². The number of aromatic hydroxyl groups is 1. The average Bonchev–Trinajstić information content (AvgIpc) is 3.19. The number of hydrogen-bond acceptors (Lipinski definition) is 6. The van der Waals surface area contributed by atoms with Crippen LogP contribution in [0.15, 0.2) is 34.5 Å². The molecule has 3 aromatic heterocycles. The predicted octanol–water partition coefficient (Wildman–Crippen LogP) is 4.22. The van der Waals surface area contributed by atoms with Gasteiger partial charge in [0, 0.05) is 10.9 Å². The number of carbonyl (C=O) groups is 1. The molecule has 0 radical (unpaired) electrons. The van der Waals surface area contributed by atoms with E-state index in [-0.39, 0.29) is 11.4 Å². The van der Waals surface area contributed by atoms with Crippen LogP contribution in [-0.2, 0) is 4.74 Å². The van der Waals surface area contributed by atoms with E-state index in [0.717, 1.165) is 23.8 Å². The van der Waals surface area contributed by atoms with Gasteiger partial charge in [0.05, 0.1) is 29.5 Å². The molecule has 1 N–H and O–H groups in total. The number of hydrogen-bond donors (Lipinski definition) is 1. The zero-order chi connectivity index (χ0) is 15.5. The number of unbranched alkanes of at least 4 members (excludes halogenated alkanes) is 1. The predicted molar refractivity (Wildman–Crippen MR) is 84.2 cm³/mol. The Bertz CT molecular complexity index is 792. The van der Waals surface area contributed by atoms with E-state index in [1.165, 1.54) is 11.3 Å². The lowest BCUT2D eigenvalue weighted by molar-refractivity contribution is 0.0490. The summed E-state index contributed by atoms with van der Waals surface area (Å²) in [6, 6.07) is 3.63. The Labute approximate surface area is 131 Å². The van der Waals surface area contributed by atoms with Gasteiger partial charge in [0.2, 0.25) is 0 Å². The van der Waals surface area contributed by atoms with E-state index >= 15 is 0 Å². The number of carbonyl (C=O) groups excluding carboxylic acids is 1. The first-order valence-corrected chi connectivity index (χ1v) is 7.90. The van der Waals surface area contributed by atoms with Crippen molar-refractivity contribution in [3.63, 3.8) is 0 Å². The second-order valence-corrected chi connectivity index (χ2v) is 5.74. The summed E-state index contributed by atoms with van der Waals surface area (Å²) in [6.45, 7) is 2.33. The van der Waals surface area contributed by atoms with Crippen LogP contribution in [0.5, 0.6) is 5.75 Å². The zero-order valence-electron chi connectivity index (χ0n) is 12.0. The minimum absolute atomic E-state index is 0.0535. The van der Waals surface area contributed by atoms with Crippen molar-refractivity contribution < 1.29 is 19.1 Å². The molecule has 0 aliphatic carbocycles. The Kier molecular flexibility index (Phi) is 4.11. The smallest absolute Gasteiger partial charge is 0.360 e. The van der Waals surface area contributed by atoms with E-state index in [0.29, 0.717) is 17.0 Å². The topological polar surface area (TPSA) is 72.6 Å². The molecule has 6 heteroatoms. The fourth-order valence-corrected chi connectivity index (χ4v) is 2.99. The number of esters is 1. The van der Waals surface area contributed by atoms with Crippen LogP contribution in [0, 0.1) is 0 Å². The highest BCUT2D eigenvalue weighted by molar-refractivity contribution is 7.17. The van der Waals surface area contributed by atoms with Crippen LogP contribution in [-0.4, -0.2) is 22.7 Å². The van der Waals surface area contributed by atoms with Crippen molar-refractivity contribution in [2.75, 3.05) is 6.61 Å². The van der Waals surface area contributed by atoms with E-state index < -0.39 is 5.97 Å². The largest absolute Gasteiger partial charge is 0.504 e. The van der Waals surface area contributed by atoms with Crippen LogP contribution in [0.1, 0.15) is 30.3 Å². The lowest BCUT2D eigenvalue weighted by Gasteiger charge is -2.08. The number of pyridine rings is 1. The third-order valence-electron chi connectivity index (χ3n) is 3.30. The Morgan fingerprint density at radius 3 is 3.05 bits per heavy atom. The van der Waals surface area contributed by atoms with Gasteiger partial charge in [-0.05, 0) is 23.9 Å². The summed E-state index contributed by atoms with van der Waals surface area (Å²) >= 11 is 1.36. The first kappa shape index (κ1) is 14.6. The minimum Gasteiger partial charge on any atom is -0.504 e. The maximum absolute atomic E-state index is 12.2. The van der Waals surface area contributed by atoms with Crippen molar-refractivity contribution in [2.45, 2.75) is 19.8 Å². The number of fused-ring (bicyclic) bond motifs is 1. The van der Waals surface area contributed by atoms with Gasteiger partial charge in [-0.15, -0.1) is 11.3 Å². The second-order valence-electron chi connectivity index (χ2n) is 4.82. The quantitative estimate of drug-likeness (QED) is 0.563. The summed E-state index contributed by atoms with van der Waals surface area (Å²) in [5, 5.41) is 12.9. The van der Waals surface area contributed by atoms with Gasteiger partial charge in [0.25, 0.3) is 0 Å². The minimum atomic E-state index is -0.606. The summed E-state index contributed by atoms with van der Waals surface area (Å²) < 4.78 is 10.9. The number of furan rings is 1.